The number of hydrogen-bond acceptors (Lipinski definition) is 3. The quantitative estimate of drug-likeness (QED) is 0.832. The van der Waals surface area contributed by atoms with E-state index in [1.54, 1.807) is 0 Å². The lowest BCUT2D eigenvalue weighted by molar-refractivity contribution is 0.0418. The van der Waals surface area contributed by atoms with Gasteiger partial charge in [0.2, 0.25) is 0 Å². The fourth-order valence-corrected chi connectivity index (χ4v) is 2.93. The Morgan fingerprint density at radius 1 is 1.35 bits per heavy atom. The summed E-state index contributed by atoms with van der Waals surface area (Å²) in [4.78, 5) is 2.43. The molecule has 0 spiro atoms. The van der Waals surface area contributed by atoms with Gasteiger partial charge < -0.3 is 15.4 Å². The van der Waals surface area contributed by atoms with Gasteiger partial charge in [0.1, 0.15) is 0 Å². The summed E-state index contributed by atoms with van der Waals surface area (Å²) in [6, 6.07) is 10.6. The minimum atomic E-state index is 0.169. The monoisotopic (exact) mass is 276 g/mol. The molecule has 1 heterocycles. The van der Waals surface area contributed by atoms with Gasteiger partial charge in [0.25, 0.3) is 0 Å². The second-order valence-corrected chi connectivity index (χ2v) is 6.00. The summed E-state index contributed by atoms with van der Waals surface area (Å²) >= 11 is 0. The first-order valence-corrected chi connectivity index (χ1v) is 7.82. The Balaban J connectivity index is 1.62. The van der Waals surface area contributed by atoms with Crippen LogP contribution in [0.5, 0.6) is 0 Å². The van der Waals surface area contributed by atoms with Crippen LogP contribution in [0.15, 0.2) is 30.3 Å². The molecular formula is C17H28N2O. The molecule has 1 aromatic rings. The Kier molecular flexibility index (Phi) is 6.51. The van der Waals surface area contributed by atoms with Gasteiger partial charge in [-0.2, -0.15) is 0 Å². The fraction of sp³-hybridized carbons (Fsp3) is 0.647. The molecule has 0 aromatic heterocycles. The molecule has 0 aliphatic carbocycles. The van der Waals surface area contributed by atoms with Crippen molar-refractivity contribution in [2.45, 2.75) is 31.7 Å². The van der Waals surface area contributed by atoms with Crippen LogP contribution >= 0.6 is 0 Å². The van der Waals surface area contributed by atoms with Crippen LogP contribution in [0.3, 0.4) is 0 Å². The average molecular weight is 276 g/mol. The van der Waals surface area contributed by atoms with Crippen molar-refractivity contribution < 1.29 is 4.74 Å². The highest BCUT2D eigenvalue weighted by molar-refractivity contribution is 5.18. The van der Waals surface area contributed by atoms with Crippen LogP contribution in [-0.2, 0) is 4.74 Å². The molecule has 2 unspecified atom stereocenters. The maximum Gasteiger partial charge on any atom is 0.0506 e. The van der Waals surface area contributed by atoms with Crippen molar-refractivity contribution in [2.24, 2.45) is 11.7 Å². The lowest BCUT2D eigenvalue weighted by Gasteiger charge is -2.27. The van der Waals surface area contributed by atoms with Gasteiger partial charge in [-0.3, -0.25) is 0 Å². The molecular weight excluding hydrogens is 248 g/mol. The van der Waals surface area contributed by atoms with Gasteiger partial charge in [-0.25, -0.2) is 0 Å². The maximum absolute atomic E-state index is 6.23. The van der Waals surface area contributed by atoms with E-state index in [-0.39, 0.29) is 6.04 Å². The fourth-order valence-electron chi connectivity index (χ4n) is 2.93. The lowest BCUT2D eigenvalue weighted by atomic mass is 10.0. The Morgan fingerprint density at radius 3 is 2.85 bits per heavy atom. The zero-order valence-electron chi connectivity index (χ0n) is 12.6. The molecule has 1 aliphatic rings. The number of benzene rings is 1. The third kappa shape index (κ3) is 5.23. The van der Waals surface area contributed by atoms with Crippen LogP contribution in [0.4, 0.5) is 0 Å². The van der Waals surface area contributed by atoms with Crippen molar-refractivity contribution in [3.05, 3.63) is 35.9 Å². The summed E-state index contributed by atoms with van der Waals surface area (Å²) in [6.45, 7) is 4.16. The van der Waals surface area contributed by atoms with E-state index in [0.717, 1.165) is 45.1 Å². The van der Waals surface area contributed by atoms with Gasteiger partial charge >= 0.3 is 0 Å². The van der Waals surface area contributed by atoms with E-state index >= 15 is 0 Å². The normalized spacial score (nSPS) is 21.1. The van der Waals surface area contributed by atoms with E-state index in [2.05, 4.69) is 36.2 Å². The van der Waals surface area contributed by atoms with Crippen LogP contribution in [0.1, 0.15) is 37.3 Å². The van der Waals surface area contributed by atoms with Crippen molar-refractivity contribution in [2.75, 3.05) is 33.4 Å². The zero-order valence-corrected chi connectivity index (χ0v) is 12.6. The molecule has 1 fully saturated rings. The summed E-state index contributed by atoms with van der Waals surface area (Å²) < 4.78 is 5.54. The molecule has 112 valence electrons. The standard InChI is InChI=1S/C17H28N2O/c1-19(13-15-7-6-12-20-14-15)11-5-10-17(18)16-8-3-2-4-9-16/h2-4,8-9,15,17H,5-7,10-14,18H2,1H3. The predicted molar refractivity (Wildman–Crippen MR) is 83.6 cm³/mol. The van der Waals surface area contributed by atoms with E-state index < -0.39 is 0 Å². The van der Waals surface area contributed by atoms with Gasteiger partial charge in [-0.1, -0.05) is 30.3 Å². The zero-order chi connectivity index (χ0) is 14.2. The first-order valence-electron chi connectivity index (χ1n) is 7.82. The molecule has 2 atom stereocenters. The molecule has 20 heavy (non-hydrogen) atoms. The first kappa shape index (κ1) is 15.5. The van der Waals surface area contributed by atoms with Crippen molar-refractivity contribution in [3.63, 3.8) is 0 Å². The SMILES string of the molecule is CN(CCCC(N)c1ccccc1)CC1CCCOC1. The molecule has 1 aromatic carbocycles. The Morgan fingerprint density at radius 2 is 2.15 bits per heavy atom. The lowest BCUT2D eigenvalue weighted by Crippen LogP contribution is -2.31. The number of nitrogens with two attached hydrogens (primary N) is 1. The van der Waals surface area contributed by atoms with Crippen LogP contribution in [0.25, 0.3) is 0 Å². The topological polar surface area (TPSA) is 38.5 Å². The molecule has 2 rings (SSSR count). The minimum Gasteiger partial charge on any atom is -0.381 e. The number of ether oxygens (including phenoxy) is 1. The smallest absolute Gasteiger partial charge is 0.0506 e. The van der Waals surface area contributed by atoms with Gasteiger partial charge in [0.15, 0.2) is 0 Å². The number of rotatable bonds is 7. The molecule has 1 saturated heterocycles. The van der Waals surface area contributed by atoms with Crippen LogP contribution in [0, 0.1) is 5.92 Å². The molecule has 0 bridgehead atoms. The van der Waals surface area contributed by atoms with E-state index in [1.165, 1.54) is 18.4 Å². The summed E-state index contributed by atoms with van der Waals surface area (Å²) in [7, 11) is 2.21. The highest BCUT2D eigenvalue weighted by Gasteiger charge is 2.15. The van der Waals surface area contributed by atoms with Crippen molar-refractivity contribution in [3.8, 4) is 0 Å². The first-order chi connectivity index (χ1) is 9.75. The van der Waals surface area contributed by atoms with Gasteiger partial charge in [-0.15, -0.1) is 0 Å². The molecule has 0 saturated carbocycles. The largest absolute Gasteiger partial charge is 0.381 e. The third-order valence-electron chi connectivity index (χ3n) is 4.11. The van der Waals surface area contributed by atoms with Gasteiger partial charge in [0, 0.05) is 19.2 Å². The summed E-state index contributed by atoms with van der Waals surface area (Å²) in [5, 5.41) is 0. The molecule has 3 heteroatoms. The van der Waals surface area contributed by atoms with Crippen molar-refractivity contribution in [1.82, 2.24) is 4.90 Å². The highest BCUT2D eigenvalue weighted by Crippen LogP contribution is 2.17. The molecule has 0 amide bonds. The van der Waals surface area contributed by atoms with Crippen LogP contribution in [-0.4, -0.2) is 38.3 Å². The second kappa shape index (κ2) is 8.40. The number of nitrogens with zero attached hydrogens (tertiary/aromatic N) is 1. The predicted octanol–water partition coefficient (Wildman–Crippen LogP) is 2.83. The van der Waals surface area contributed by atoms with Crippen LogP contribution in [0.2, 0.25) is 0 Å². The van der Waals surface area contributed by atoms with E-state index in [0.29, 0.717) is 0 Å². The van der Waals surface area contributed by atoms with Crippen LogP contribution < -0.4 is 5.73 Å². The Hall–Kier alpha value is -0.900. The van der Waals surface area contributed by atoms with Gasteiger partial charge in [-0.05, 0) is 50.8 Å². The molecule has 1 aliphatic heterocycles. The molecule has 3 nitrogen and oxygen atoms in total. The van der Waals surface area contributed by atoms with E-state index in [9.17, 15) is 0 Å². The molecule has 0 radical (unpaired) electrons. The Labute approximate surface area is 123 Å². The summed E-state index contributed by atoms with van der Waals surface area (Å²) in [6.07, 6.45) is 4.74. The highest BCUT2D eigenvalue weighted by atomic mass is 16.5. The van der Waals surface area contributed by atoms with Gasteiger partial charge in [0.05, 0.1) is 6.61 Å². The van der Waals surface area contributed by atoms with E-state index in [4.69, 9.17) is 10.5 Å². The minimum absolute atomic E-state index is 0.169. The summed E-state index contributed by atoms with van der Waals surface area (Å²) in [5.74, 6) is 0.719. The number of hydrogen-bond donors (Lipinski definition) is 1. The Bertz CT molecular complexity index is 363. The molecule has 2 N–H and O–H groups in total. The average Bonchev–Trinajstić information content (AvgIpc) is 2.49. The maximum atomic E-state index is 6.23. The third-order valence-corrected chi connectivity index (χ3v) is 4.11. The van der Waals surface area contributed by atoms with Crippen molar-refractivity contribution >= 4 is 0 Å². The summed E-state index contributed by atoms with van der Waals surface area (Å²) in [5.41, 5.74) is 7.47. The van der Waals surface area contributed by atoms with E-state index in [1.807, 2.05) is 6.07 Å². The second-order valence-electron chi connectivity index (χ2n) is 6.00. The van der Waals surface area contributed by atoms with Crippen molar-refractivity contribution in [1.29, 1.82) is 0 Å².